The number of thioether (sulfide) groups is 2. The second-order valence-electron chi connectivity index (χ2n) is 3.83. The highest BCUT2D eigenvalue weighted by atomic mass is 32.2. The van der Waals surface area contributed by atoms with Gasteiger partial charge in [-0.3, -0.25) is 4.90 Å². The number of rotatable bonds is 5. The summed E-state index contributed by atoms with van der Waals surface area (Å²) in [6, 6.07) is 2.00. The maximum absolute atomic E-state index is 4.21. The molecular formula is C11H18N4S2. The minimum atomic E-state index is 0.927. The van der Waals surface area contributed by atoms with E-state index in [-0.39, 0.29) is 0 Å². The van der Waals surface area contributed by atoms with Crippen LogP contribution in [0.1, 0.15) is 0 Å². The highest BCUT2D eigenvalue weighted by Crippen LogP contribution is 2.13. The predicted molar refractivity (Wildman–Crippen MR) is 76.1 cm³/mol. The molecule has 94 valence electrons. The molecule has 0 saturated carbocycles. The fourth-order valence-corrected chi connectivity index (χ4v) is 3.08. The zero-order valence-electron chi connectivity index (χ0n) is 10.1. The summed E-state index contributed by atoms with van der Waals surface area (Å²) in [4.78, 5) is 10.9. The molecule has 2 heterocycles. The lowest BCUT2D eigenvalue weighted by molar-refractivity contribution is 0.314. The van der Waals surface area contributed by atoms with Crippen LogP contribution in [0.5, 0.6) is 0 Å². The van der Waals surface area contributed by atoms with Gasteiger partial charge in [-0.1, -0.05) is 0 Å². The van der Waals surface area contributed by atoms with Gasteiger partial charge in [0.25, 0.3) is 0 Å². The first-order valence-corrected chi connectivity index (χ1v) is 8.16. The molecule has 2 rings (SSSR count). The molecule has 6 heteroatoms. The molecule has 0 radical (unpaired) electrons. The molecular weight excluding hydrogens is 252 g/mol. The van der Waals surface area contributed by atoms with Crippen LogP contribution >= 0.6 is 23.5 Å². The fraction of sp³-hybridized carbons (Fsp3) is 0.636. The number of aromatic nitrogens is 2. The van der Waals surface area contributed by atoms with Crippen LogP contribution in [-0.4, -0.2) is 58.8 Å². The number of nitrogens with one attached hydrogen (secondary N) is 1. The van der Waals surface area contributed by atoms with Crippen LogP contribution in [-0.2, 0) is 0 Å². The Morgan fingerprint density at radius 1 is 1.41 bits per heavy atom. The van der Waals surface area contributed by atoms with Gasteiger partial charge in [-0.25, -0.2) is 9.97 Å². The van der Waals surface area contributed by atoms with E-state index in [9.17, 15) is 0 Å². The van der Waals surface area contributed by atoms with Crippen LogP contribution in [0.15, 0.2) is 17.4 Å². The van der Waals surface area contributed by atoms with E-state index in [0.717, 1.165) is 23.9 Å². The maximum Gasteiger partial charge on any atom is 0.130 e. The molecule has 0 atom stereocenters. The molecule has 0 amide bonds. The first-order chi connectivity index (χ1) is 8.38. The van der Waals surface area contributed by atoms with E-state index in [0.29, 0.717) is 0 Å². The fourth-order valence-electron chi connectivity index (χ4n) is 1.71. The summed E-state index contributed by atoms with van der Waals surface area (Å²) in [6.07, 6.45) is 3.64. The third-order valence-electron chi connectivity index (χ3n) is 2.69. The van der Waals surface area contributed by atoms with Crippen molar-refractivity contribution in [3.8, 4) is 0 Å². The van der Waals surface area contributed by atoms with E-state index >= 15 is 0 Å². The third-order valence-corrected chi connectivity index (χ3v) is 4.27. The van der Waals surface area contributed by atoms with Crippen molar-refractivity contribution in [1.82, 2.24) is 14.9 Å². The summed E-state index contributed by atoms with van der Waals surface area (Å²) in [5, 5.41) is 4.36. The lowest BCUT2D eigenvalue weighted by atomic mass is 10.4. The molecule has 0 spiro atoms. The van der Waals surface area contributed by atoms with Crippen molar-refractivity contribution in [2.45, 2.75) is 5.03 Å². The number of hydrogen-bond acceptors (Lipinski definition) is 6. The van der Waals surface area contributed by atoms with Gasteiger partial charge >= 0.3 is 0 Å². The lowest BCUT2D eigenvalue weighted by Crippen LogP contribution is -2.36. The summed E-state index contributed by atoms with van der Waals surface area (Å²) in [6.45, 7) is 4.48. The Balaban J connectivity index is 1.73. The van der Waals surface area contributed by atoms with Crippen LogP contribution in [0.4, 0.5) is 5.82 Å². The Hall–Kier alpha value is -0.460. The topological polar surface area (TPSA) is 41.0 Å². The molecule has 17 heavy (non-hydrogen) atoms. The molecule has 4 nitrogen and oxygen atoms in total. The van der Waals surface area contributed by atoms with Gasteiger partial charge in [-0.2, -0.15) is 11.8 Å². The molecule has 0 aliphatic carbocycles. The molecule has 1 saturated heterocycles. The van der Waals surface area contributed by atoms with Crippen molar-refractivity contribution in [2.75, 3.05) is 49.3 Å². The normalized spacial score (nSPS) is 17.0. The summed E-state index contributed by atoms with van der Waals surface area (Å²) >= 11 is 3.69. The van der Waals surface area contributed by atoms with Gasteiger partial charge in [-0.05, 0) is 6.26 Å². The maximum atomic E-state index is 4.21. The molecule has 1 aliphatic rings. The molecule has 0 unspecified atom stereocenters. The number of anilines is 1. The highest BCUT2D eigenvalue weighted by Gasteiger charge is 2.09. The van der Waals surface area contributed by atoms with Gasteiger partial charge in [-0.15, -0.1) is 11.8 Å². The molecule has 1 aromatic rings. The Morgan fingerprint density at radius 2 is 2.24 bits per heavy atom. The monoisotopic (exact) mass is 270 g/mol. The standard InChI is InChI=1S/C11H18N4S2/c1-16-11-8-10(13-9-14-11)12-2-3-15-4-6-17-7-5-15/h8-9H,2-7H2,1H3,(H,12,13,14). The zero-order chi connectivity index (χ0) is 11.9. The molecule has 0 aromatic carbocycles. The van der Waals surface area contributed by atoms with Crippen LogP contribution in [0, 0.1) is 0 Å². The summed E-state index contributed by atoms with van der Waals surface area (Å²) in [5.74, 6) is 3.46. The SMILES string of the molecule is CSc1cc(NCCN2CCSCC2)ncn1. The Kier molecular flexibility index (Phi) is 5.41. The van der Waals surface area contributed by atoms with Crippen molar-refractivity contribution in [2.24, 2.45) is 0 Å². The van der Waals surface area contributed by atoms with Gasteiger partial charge in [0.15, 0.2) is 0 Å². The van der Waals surface area contributed by atoms with Crippen LogP contribution in [0.2, 0.25) is 0 Å². The summed E-state index contributed by atoms with van der Waals surface area (Å²) < 4.78 is 0. The van der Waals surface area contributed by atoms with E-state index in [1.54, 1.807) is 18.1 Å². The van der Waals surface area contributed by atoms with Crippen LogP contribution in [0.3, 0.4) is 0 Å². The predicted octanol–water partition coefficient (Wildman–Crippen LogP) is 1.66. The second-order valence-corrected chi connectivity index (χ2v) is 5.88. The highest BCUT2D eigenvalue weighted by molar-refractivity contribution is 7.99. The van der Waals surface area contributed by atoms with Crippen LogP contribution < -0.4 is 5.32 Å². The van der Waals surface area contributed by atoms with Crippen molar-refractivity contribution in [3.05, 3.63) is 12.4 Å². The van der Waals surface area contributed by atoms with Gasteiger partial charge in [0.2, 0.25) is 0 Å². The lowest BCUT2D eigenvalue weighted by Gasteiger charge is -2.26. The molecule has 1 aliphatic heterocycles. The van der Waals surface area contributed by atoms with Crippen molar-refractivity contribution in [1.29, 1.82) is 0 Å². The summed E-state index contributed by atoms with van der Waals surface area (Å²) in [7, 11) is 0. The Bertz CT molecular complexity index is 342. The smallest absolute Gasteiger partial charge is 0.130 e. The molecule has 0 bridgehead atoms. The van der Waals surface area contributed by atoms with Crippen molar-refractivity contribution < 1.29 is 0 Å². The Morgan fingerprint density at radius 3 is 3.00 bits per heavy atom. The number of hydrogen-bond donors (Lipinski definition) is 1. The summed E-state index contributed by atoms with van der Waals surface area (Å²) in [5.41, 5.74) is 0. The van der Waals surface area contributed by atoms with E-state index in [1.165, 1.54) is 24.6 Å². The van der Waals surface area contributed by atoms with E-state index in [1.807, 2.05) is 24.1 Å². The zero-order valence-corrected chi connectivity index (χ0v) is 11.7. The first-order valence-electron chi connectivity index (χ1n) is 5.78. The first kappa shape index (κ1) is 13.0. The van der Waals surface area contributed by atoms with Crippen LogP contribution in [0.25, 0.3) is 0 Å². The minimum Gasteiger partial charge on any atom is -0.369 e. The number of nitrogens with zero attached hydrogens (tertiary/aromatic N) is 3. The van der Waals surface area contributed by atoms with E-state index in [4.69, 9.17) is 0 Å². The van der Waals surface area contributed by atoms with E-state index < -0.39 is 0 Å². The minimum absolute atomic E-state index is 0.927. The third kappa shape index (κ3) is 4.37. The largest absolute Gasteiger partial charge is 0.369 e. The quantitative estimate of drug-likeness (QED) is 0.648. The molecule has 1 N–H and O–H groups in total. The van der Waals surface area contributed by atoms with E-state index in [2.05, 4.69) is 20.2 Å². The van der Waals surface area contributed by atoms with Gasteiger partial charge < -0.3 is 5.32 Å². The average molecular weight is 270 g/mol. The Labute approximate surface area is 111 Å². The average Bonchev–Trinajstić information content (AvgIpc) is 2.40. The van der Waals surface area contributed by atoms with Gasteiger partial charge in [0, 0.05) is 43.8 Å². The van der Waals surface area contributed by atoms with Crippen molar-refractivity contribution in [3.63, 3.8) is 0 Å². The molecule has 1 aromatic heterocycles. The van der Waals surface area contributed by atoms with Gasteiger partial charge in [0.05, 0.1) is 0 Å². The van der Waals surface area contributed by atoms with Crippen molar-refractivity contribution >= 4 is 29.3 Å². The molecule has 1 fully saturated rings. The second kappa shape index (κ2) is 7.08. The van der Waals surface area contributed by atoms with Gasteiger partial charge in [0.1, 0.15) is 17.2 Å².